The first-order valence-corrected chi connectivity index (χ1v) is 8.03. The highest BCUT2D eigenvalue weighted by Gasteiger charge is 2.33. The summed E-state index contributed by atoms with van der Waals surface area (Å²) < 4.78 is 0. The predicted molar refractivity (Wildman–Crippen MR) is 87.0 cm³/mol. The van der Waals surface area contributed by atoms with E-state index in [0.29, 0.717) is 12.6 Å². The smallest absolute Gasteiger partial charge is 0.0473 e. The van der Waals surface area contributed by atoms with E-state index in [0.717, 1.165) is 12.6 Å². The Morgan fingerprint density at radius 3 is 2.20 bits per heavy atom. The number of benzene rings is 1. The van der Waals surface area contributed by atoms with Crippen molar-refractivity contribution in [2.45, 2.75) is 64.5 Å². The van der Waals surface area contributed by atoms with Crippen molar-refractivity contribution < 1.29 is 0 Å². The summed E-state index contributed by atoms with van der Waals surface area (Å²) in [6.07, 6.45) is 3.89. The van der Waals surface area contributed by atoms with Crippen LogP contribution in [0.25, 0.3) is 0 Å². The number of hydrogen-bond donors (Lipinski definition) is 1. The van der Waals surface area contributed by atoms with Gasteiger partial charge in [0.2, 0.25) is 0 Å². The maximum atomic E-state index is 6.08. The summed E-state index contributed by atoms with van der Waals surface area (Å²) in [6.45, 7) is 10.9. The molecule has 1 unspecified atom stereocenters. The first-order valence-electron chi connectivity index (χ1n) is 8.03. The second-order valence-electron chi connectivity index (χ2n) is 7.09. The van der Waals surface area contributed by atoms with Crippen molar-refractivity contribution in [2.24, 2.45) is 5.73 Å². The standard InChI is InChI=1S/C18H30N2/c1-5-12-20(16-10-11-16)17(13-19)14-6-8-15(9-7-14)18(2,3)4/h6-9,16-17H,5,10-13,19H2,1-4H3. The first-order chi connectivity index (χ1) is 9.47. The fraction of sp³-hybridized carbons (Fsp3) is 0.667. The summed E-state index contributed by atoms with van der Waals surface area (Å²) >= 11 is 0. The van der Waals surface area contributed by atoms with E-state index >= 15 is 0 Å². The average Bonchev–Trinajstić information content (AvgIpc) is 3.22. The van der Waals surface area contributed by atoms with Gasteiger partial charge < -0.3 is 5.73 Å². The summed E-state index contributed by atoms with van der Waals surface area (Å²) in [7, 11) is 0. The molecule has 1 fully saturated rings. The van der Waals surface area contributed by atoms with E-state index in [2.05, 4.69) is 56.9 Å². The van der Waals surface area contributed by atoms with Crippen molar-refractivity contribution in [1.29, 1.82) is 0 Å². The van der Waals surface area contributed by atoms with Crippen molar-refractivity contribution >= 4 is 0 Å². The van der Waals surface area contributed by atoms with Gasteiger partial charge in [-0.1, -0.05) is 52.0 Å². The highest BCUT2D eigenvalue weighted by Crippen LogP contribution is 2.34. The van der Waals surface area contributed by atoms with Crippen LogP contribution in [0.3, 0.4) is 0 Å². The third kappa shape index (κ3) is 3.62. The van der Waals surface area contributed by atoms with Gasteiger partial charge in [0.25, 0.3) is 0 Å². The zero-order chi connectivity index (χ0) is 14.8. The average molecular weight is 274 g/mol. The SMILES string of the molecule is CCCN(C1CC1)C(CN)c1ccc(C(C)(C)C)cc1. The van der Waals surface area contributed by atoms with Crippen molar-refractivity contribution in [2.75, 3.05) is 13.1 Å². The van der Waals surface area contributed by atoms with Crippen molar-refractivity contribution in [3.63, 3.8) is 0 Å². The molecule has 1 atom stereocenters. The third-order valence-electron chi connectivity index (χ3n) is 4.28. The lowest BCUT2D eigenvalue weighted by atomic mass is 9.86. The van der Waals surface area contributed by atoms with E-state index < -0.39 is 0 Å². The van der Waals surface area contributed by atoms with Crippen LogP contribution in [-0.2, 0) is 5.41 Å². The zero-order valence-electron chi connectivity index (χ0n) is 13.5. The minimum Gasteiger partial charge on any atom is -0.329 e. The molecule has 0 saturated heterocycles. The molecule has 112 valence electrons. The molecule has 0 bridgehead atoms. The van der Waals surface area contributed by atoms with Gasteiger partial charge in [-0.25, -0.2) is 0 Å². The minimum atomic E-state index is 0.219. The fourth-order valence-electron chi connectivity index (χ4n) is 2.93. The molecule has 2 N–H and O–H groups in total. The quantitative estimate of drug-likeness (QED) is 0.853. The summed E-state index contributed by atoms with van der Waals surface area (Å²) in [5.74, 6) is 0. The molecule has 2 heteroatoms. The highest BCUT2D eigenvalue weighted by atomic mass is 15.2. The molecule has 2 nitrogen and oxygen atoms in total. The van der Waals surface area contributed by atoms with Gasteiger partial charge in [-0.05, 0) is 42.3 Å². The maximum Gasteiger partial charge on any atom is 0.0473 e. The Kier molecular flexibility index (Phi) is 4.87. The van der Waals surface area contributed by atoms with Crippen LogP contribution in [0, 0.1) is 0 Å². The predicted octanol–water partition coefficient (Wildman–Crippen LogP) is 3.86. The van der Waals surface area contributed by atoms with Gasteiger partial charge in [0, 0.05) is 18.6 Å². The first kappa shape index (κ1) is 15.5. The van der Waals surface area contributed by atoms with Crippen LogP contribution >= 0.6 is 0 Å². The van der Waals surface area contributed by atoms with E-state index in [4.69, 9.17) is 5.73 Å². The fourth-order valence-corrected chi connectivity index (χ4v) is 2.93. The van der Waals surface area contributed by atoms with Crippen molar-refractivity contribution in [3.8, 4) is 0 Å². The monoisotopic (exact) mass is 274 g/mol. The summed E-state index contributed by atoms with van der Waals surface area (Å²) in [4.78, 5) is 2.62. The summed E-state index contributed by atoms with van der Waals surface area (Å²) in [6, 6.07) is 10.3. The largest absolute Gasteiger partial charge is 0.329 e. The van der Waals surface area contributed by atoms with Crippen LogP contribution in [0.1, 0.15) is 64.1 Å². The molecule has 1 aromatic carbocycles. The Balaban J connectivity index is 2.18. The van der Waals surface area contributed by atoms with E-state index in [9.17, 15) is 0 Å². The topological polar surface area (TPSA) is 29.3 Å². The summed E-state index contributed by atoms with van der Waals surface area (Å²) in [5, 5.41) is 0. The lowest BCUT2D eigenvalue weighted by Gasteiger charge is -2.31. The number of rotatable bonds is 6. The Bertz CT molecular complexity index is 412. The lowest BCUT2D eigenvalue weighted by Crippen LogP contribution is -2.36. The minimum absolute atomic E-state index is 0.219. The molecule has 1 aromatic rings. The number of nitrogens with two attached hydrogens (primary N) is 1. The molecule has 0 aromatic heterocycles. The molecule has 1 aliphatic rings. The van der Waals surface area contributed by atoms with E-state index in [1.54, 1.807) is 0 Å². The van der Waals surface area contributed by atoms with Gasteiger partial charge in [-0.2, -0.15) is 0 Å². The molecular weight excluding hydrogens is 244 g/mol. The van der Waals surface area contributed by atoms with E-state index in [-0.39, 0.29) is 5.41 Å². The van der Waals surface area contributed by atoms with Crippen LogP contribution in [0.4, 0.5) is 0 Å². The molecule has 1 saturated carbocycles. The van der Waals surface area contributed by atoms with E-state index in [1.807, 2.05) is 0 Å². The third-order valence-corrected chi connectivity index (χ3v) is 4.28. The molecule has 0 spiro atoms. The zero-order valence-corrected chi connectivity index (χ0v) is 13.5. The molecule has 20 heavy (non-hydrogen) atoms. The Morgan fingerprint density at radius 1 is 1.20 bits per heavy atom. The van der Waals surface area contributed by atoms with Gasteiger partial charge >= 0.3 is 0 Å². The van der Waals surface area contributed by atoms with Crippen LogP contribution in [0.5, 0.6) is 0 Å². The normalized spacial score (nSPS) is 17.5. The molecule has 0 aliphatic heterocycles. The van der Waals surface area contributed by atoms with Crippen molar-refractivity contribution in [3.05, 3.63) is 35.4 Å². The second-order valence-corrected chi connectivity index (χ2v) is 7.09. The Morgan fingerprint density at radius 2 is 1.80 bits per heavy atom. The molecule has 1 aliphatic carbocycles. The van der Waals surface area contributed by atoms with Gasteiger partial charge in [0.1, 0.15) is 0 Å². The van der Waals surface area contributed by atoms with Crippen LogP contribution in [0.15, 0.2) is 24.3 Å². The second kappa shape index (κ2) is 6.28. The summed E-state index contributed by atoms with van der Waals surface area (Å²) in [5.41, 5.74) is 9.07. The number of hydrogen-bond acceptors (Lipinski definition) is 2. The van der Waals surface area contributed by atoms with Crippen LogP contribution < -0.4 is 5.73 Å². The van der Waals surface area contributed by atoms with Gasteiger partial charge in [0.05, 0.1) is 0 Å². The molecular formula is C18H30N2. The van der Waals surface area contributed by atoms with Gasteiger partial charge in [-0.15, -0.1) is 0 Å². The Hall–Kier alpha value is -0.860. The Labute approximate surface area is 124 Å². The lowest BCUT2D eigenvalue weighted by molar-refractivity contribution is 0.191. The molecule has 0 heterocycles. The maximum absolute atomic E-state index is 6.08. The van der Waals surface area contributed by atoms with Crippen LogP contribution in [0.2, 0.25) is 0 Å². The molecule has 0 radical (unpaired) electrons. The van der Waals surface area contributed by atoms with Crippen molar-refractivity contribution in [1.82, 2.24) is 4.90 Å². The van der Waals surface area contributed by atoms with Gasteiger partial charge in [-0.3, -0.25) is 4.90 Å². The van der Waals surface area contributed by atoms with E-state index in [1.165, 1.54) is 30.4 Å². The van der Waals surface area contributed by atoms with Crippen LogP contribution in [-0.4, -0.2) is 24.0 Å². The van der Waals surface area contributed by atoms with Gasteiger partial charge in [0.15, 0.2) is 0 Å². The highest BCUT2D eigenvalue weighted by molar-refractivity contribution is 5.29. The number of nitrogens with zero attached hydrogens (tertiary/aromatic N) is 1. The molecule has 0 amide bonds. The molecule has 2 rings (SSSR count).